The summed E-state index contributed by atoms with van der Waals surface area (Å²) in [7, 11) is 0. The van der Waals surface area contributed by atoms with Crippen LogP contribution in [0.15, 0.2) is 12.2 Å². The van der Waals surface area contributed by atoms with Gasteiger partial charge < -0.3 is 10.2 Å². The molecular weight excluding hydrogens is 312 g/mol. The maximum Gasteiger partial charge on any atom is 0.306 e. The normalized spacial score (nSPS) is 12.7. The second-order valence-electron chi connectivity index (χ2n) is 7.29. The Morgan fingerprint density at radius 3 is 1.72 bits per heavy atom. The van der Waals surface area contributed by atoms with Crippen LogP contribution in [0.25, 0.3) is 0 Å². The fourth-order valence-electron chi connectivity index (χ4n) is 3.21. The minimum absolute atomic E-state index is 0.198. The molecular formula is C22H42O3. The van der Waals surface area contributed by atoms with E-state index in [2.05, 4.69) is 12.2 Å². The summed E-state index contributed by atoms with van der Waals surface area (Å²) in [4.78, 5) is 11.0. The van der Waals surface area contributed by atoms with Crippen molar-refractivity contribution in [1.82, 2.24) is 0 Å². The number of aliphatic hydroxyl groups is 1. The highest BCUT2D eigenvalue weighted by Crippen LogP contribution is 2.14. The van der Waals surface area contributed by atoms with Crippen molar-refractivity contribution >= 4 is 5.97 Å². The van der Waals surface area contributed by atoms with E-state index in [4.69, 9.17) is 10.2 Å². The molecule has 0 aliphatic heterocycles. The maximum atomic E-state index is 11.0. The number of unbranched alkanes of at least 4 members (excludes halogenated alkanes) is 12. The quantitative estimate of drug-likeness (QED) is 0.206. The van der Waals surface area contributed by atoms with E-state index in [1.807, 2.05) is 6.92 Å². The number of carbonyl (C=O) groups is 1. The highest BCUT2D eigenvalue weighted by Gasteiger charge is 2.13. The first-order chi connectivity index (χ1) is 12.2. The van der Waals surface area contributed by atoms with Crippen LogP contribution < -0.4 is 0 Å². The third kappa shape index (κ3) is 17.8. The topological polar surface area (TPSA) is 57.5 Å². The average Bonchev–Trinajstić information content (AvgIpc) is 2.60. The Hall–Kier alpha value is -0.830. The van der Waals surface area contributed by atoms with Gasteiger partial charge in [-0.05, 0) is 32.1 Å². The molecule has 0 saturated heterocycles. The molecule has 0 spiro atoms. The van der Waals surface area contributed by atoms with Crippen LogP contribution >= 0.6 is 0 Å². The molecule has 0 aliphatic rings. The molecule has 0 saturated carbocycles. The number of aliphatic hydroxyl groups excluding tert-OH is 1. The zero-order valence-corrected chi connectivity index (χ0v) is 16.6. The van der Waals surface area contributed by atoms with Gasteiger partial charge in [-0.2, -0.15) is 0 Å². The van der Waals surface area contributed by atoms with Crippen molar-refractivity contribution in [2.45, 2.75) is 110 Å². The van der Waals surface area contributed by atoms with E-state index in [-0.39, 0.29) is 5.92 Å². The van der Waals surface area contributed by atoms with E-state index in [0.717, 1.165) is 25.7 Å². The number of hydrogen-bond donors (Lipinski definition) is 2. The Morgan fingerprint density at radius 2 is 1.28 bits per heavy atom. The van der Waals surface area contributed by atoms with Gasteiger partial charge in [-0.3, -0.25) is 4.79 Å². The summed E-state index contributed by atoms with van der Waals surface area (Å²) in [5.74, 6) is -0.854. The lowest BCUT2D eigenvalue weighted by atomic mass is 9.99. The molecule has 0 aromatic rings. The van der Waals surface area contributed by atoms with Gasteiger partial charge in [0, 0.05) is 6.61 Å². The fraction of sp³-hybridized carbons (Fsp3) is 0.864. The molecule has 1 unspecified atom stereocenters. The summed E-state index contributed by atoms with van der Waals surface area (Å²) in [5, 5.41) is 17.8. The molecule has 0 bridgehead atoms. The van der Waals surface area contributed by atoms with Crippen LogP contribution in [-0.4, -0.2) is 22.8 Å². The number of carboxylic acids is 1. The first-order valence-electron chi connectivity index (χ1n) is 10.7. The average molecular weight is 355 g/mol. The molecule has 0 rings (SSSR count). The van der Waals surface area contributed by atoms with Crippen molar-refractivity contribution < 1.29 is 15.0 Å². The van der Waals surface area contributed by atoms with Crippen molar-refractivity contribution in [2.75, 3.05) is 6.61 Å². The monoisotopic (exact) mass is 354 g/mol. The molecule has 0 aromatic heterocycles. The molecule has 3 nitrogen and oxygen atoms in total. The van der Waals surface area contributed by atoms with E-state index in [9.17, 15) is 4.79 Å². The van der Waals surface area contributed by atoms with E-state index < -0.39 is 5.97 Å². The van der Waals surface area contributed by atoms with Crippen molar-refractivity contribution in [1.29, 1.82) is 0 Å². The molecule has 1 atom stereocenters. The Morgan fingerprint density at radius 1 is 0.800 bits per heavy atom. The van der Waals surface area contributed by atoms with Gasteiger partial charge in [0.15, 0.2) is 0 Å². The number of allylic oxidation sites excluding steroid dienone is 2. The summed E-state index contributed by atoms with van der Waals surface area (Å²) in [5.41, 5.74) is 0. The highest BCUT2D eigenvalue weighted by molar-refractivity contribution is 5.70. The van der Waals surface area contributed by atoms with Gasteiger partial charge in [-0.25, -0.2) is 0 Å². The van der Waals surface area contributed by atoms with Crippen molar-refractivity contribution in [3.8, 4) is 0 Å². The third-order valence-electron chi connectivity index (χ3n) is 4.85. The van der Waals surface area contributed by atoms with E-state index >= 15 is 0 Å². The molecule has 0 amide bonds. The molecule has 0 aromatic carbocycles. The lowest BCUT2D eigenvalue weighted by Crippen LogP contribution is -2.12. The van der Waals surface area contributed by atoms with Crippen LogP contribution in [0.4, 0.5) is 0 Å². The van der Waals surface area contributed by atoms with Crippen LogP contribution in [0.1, 0.15) is 110 Å². The van der Waals surface area contributed by atoms with Crippen LogP contribution in [0, 0.1) is 5.92 Å². The second kappa shape index (κ2) is 19.5. The van der Waals surface area contributed by atoms with Crippen LogP contribution in [0.5, 0.6) is 0 Å². The van der Waals surface area contributed by atoms with E-state index in [0.29, 0.717) is 13.0 Å². The summed E-state index contributed by atoms with van der Waals surface area (Å²) < 4.78 is 0. The lowest BCUT2D eigenvalue weighted by Gasteiger charge is -2.07. The molecule has 0 fully saturated rings. The minimum atomic E-state index is -0.656. The van der Waals surface area contributed by atoms with Gasteiger partial charge >= 0.3 is 5.97 Å². The fourth-order valence-corrected chi connectivity index (χ4v) is 3.21. The van der Waals surface area contributed by atoms with Gasteiger partial charge in [0.1, 0.15) is 0 Å². The third-order valence-corrected chi connectivity index (χ3v) is 4.85. The molecule has 0 radical (unpaired) electrons. The molecule has 0 aliphatic carbocycles. The zero-order valence-electron chi connectivity index (χ0n) is 16.6. The molecule has 25 heavy (non-hydrogen) atoms. The highest BCUT2D eigenvalue weighted by atomic mass is 16.4. The largest absolute Gasteiger partial charge is 0.481 e. The van der Waals surface area contributed by atoms with Crippen molar-refractivity contribution in [3.05, 3.63) is 12.2 Å². The molecule has 3 heteroatoms. The lowest BCUT2D eigenvalue weighted by molar-refractivity contribution is -0.141. The standard InChI is InChI=1S/C22H42O3/c1-2-18-21(22(24)25)19-16-14-12-10-8-6-4-3-5-7-9-11-13-15-17-20-23/h14,16,21,23H,2-13,15,17-20H2,1H3,(H,24,25)/b16-14+. The number of hydrogen-bond acceptors (Lipinski definition) is 2. The van der Waals surface area contributed by atoms with Crippen LogP contribution in [-0.2, 0) is 4.79 Å². The summed E-state index contributed by atoms with van der Waals surface area (Å²) >= 11 is 0. The Bertz CT molecular complexity index is 312. The Balaban J connectivity index is 3.28. The van der Waals surface area contributed by atoms with E-state index in [1.165, 1.54) is 70.6 Å². The molecule has 2 N–H and O–H groups in total. The van der Waals surface area contributed by atoms with Crippen molar-refractivity contribution in [3.63, 3.8) is 0 Å². The van der Waals surface area contributed by atoms with Gasteiger partial charge in [0.2, 0.25) is 0 Å². The van der Waals surface area contributed by atoms with Crippen LogP contribution in [0.3, 0.4) is 0 Å². The second-order valence-corrected chi connectivity index (χ2v) is 7.29. The maximum absolute atomic E-state index is 11.0. The minimum Gasteiger partial charge on any atom is -0.481 e. The van der Waals surface area contributed by atoms with Gasteiger partial charge in [0.05, 0.1) is 5.92 Å². The number of rotatable bonds is 19. The van der Waals surface area contributed by atoms with Gasteiger partial charge in [-0.1, -0.05) is 89.7 Å². The molecule has 0 heterocycles. The summed E-state index contributed by atoms with van der Waals surface area (Å²) in [6.45, 7) is 2.39. The zero-order chi connectivity index (χ0) is 18.6. The number of carboxylic acid groups (broad SMARTS) is 1. The number of aliphatic carboxylic acids is 1. The van der Waals surface area contributed by atoms with Crippen molar-refractivity contribution in [2.24, 2.45) is 5.92 Å². The first kappa shape index (κ1) is 24.2. The Kier molecular flexibility index (Phi) is 18.8. The predicted molar refractivity (Wildman–Crippen MR) is 107 cm³/mol. The van der Waals surface area contributed by atoms with E-state index in [1.54, 1.807) is 0 Å². The van der Waals surface area contributed by atoms with Gasteiger partial charge in [0.25, 0.3) is 0 Å². The van der Waals surface area contributed by atoms with Gasteiger partial charge in [-0.15, -0.1) is 0 Å². The van der Waals surface area contributed by atoms with Crippen LogP contribution in [0.2, 0.25) is 0 Å². The SMILES string of the molecule is CCCC(C/C=C/CCCCCCCCCCCCCCO)C(=O)O. The predicted octanol–water partition coefficient (Wildman–Crippen LogP) is 6.50. The molecule has 148 valence electrons. The first-order valence-corrected chi connectivity index (χ1v) is 10.7. The Labute approximate surface area is 155 Å². The smallest absolute Gasteiger partial charge is 0.306 e. The summed E-state index contributed by atoms with van der Waals surface area (Å²) in [6.07, 6.45) is 23.1. The summed E-state index contributed by atoms with van der Waals surface area (Å²) in [6, 6.07) is 0.